The van der Waals surface area contributed by atoms with Gasteiger partial charge in [0.1, 0.15) is 0 Å². The Kier molecular flexibility index (Phi) is 3.47. The highest BCUT2D eigenvalue weighted by Gasteiger charge is 2.08. The molecule has 1 heterocycles. The van der Waals surface area contributed by atoms with Crippen molar-refractivity contribution in [2.45, 2.75) is 0 Å². The minimum absolute atomic E-state index is 0.277. The third-order valence-electron chi connectivity index (χ3n) is 3.49. The first kappa shape index (κ1) is 13.7. The Bertz CT molecular complexity index is 904. The number of hydrogen-bond acceptors (Lipinski definition) is 3. The normalized spacial score (nSPS) is 10.1. The number of aromatic nitrogens is 1. The first-order valence-corrected chi connectivity index (χ1v) is 6.77. The lowest BCUT2D eigenvalue weighted by Crippen LogP contribution is -2.28. The lowest BCUT2D eigenvalue weighted by Gasteiger charge is -2.10. The van der Waals surface area contributed by atoms with Crippen LogP contribution < -0.4 is 11.4 Å². The Balaban J connectivity index is 2.16. The minimum atomic E-state index is -0.277. The Morgan fingerprint density at radius 1 is 0.864 bits per heavy atom. The van der Waals surface area contributed by atoms with E-state index in [1.54, 1.807) is 12.1 Å². The van der Waals surface area contributed by atoms with Gasteiger partial charge in [-0.2, -0.15) is 5.26 Å². The maximum atomic E-state index is 12.1. The Hall–Kier alpha value is -3.32. The predicted octanol–water partition coefficient (Wildman–Crippen LogP) is 2.77. The maximum Gasteiger partial charge on any atom is 0.269 e. The van der Waals surface area contributed by atoms with E-state index in [4.69, 9.17) is 11.1 Å². The first-order valence-electron chi connectivity index (χ1n) is 6.77. The number of nitriles is 1. The standard InChI is InChI=1S/C18H13N3O/c19-12-13-6-8-14(9-7-13)16-10-17(21(20)18(22)11-16)15-4-2-1-3-5-15/h1-11H,20H2. The summed E-state index contributed by atoms with van der Waals surface area (Å²) in [6.07, 6.45) is 0. The second-order valence-corrected chi connectivity index (χ2v) is 4.89. The SMILES string of the molecule is N#Cc1ccc(-c2cc(-c3ccccc3)n(N)c(=O)c2)cc1. The molecule has 0 saturated carbocycles. The molecule has 2 N–H and O–H groups in total. The fourth-order valence-electron chi connectivity index (χ4n) is 2.32. The van der Waals surface area contributed by atoms with Crippen LogP contribution in [-0.4, -0.2) is 4.68 Å². The van der Waals surface area contributed by atoms with Crippen LogP contribution in [0.1, 0.15) is 5.56 Å². The summed E-state index contributed by atoms with van der Waals surface area (Å²) in [6, 6.07) is 22.1. The van der Waals surface area contributed by atoms with Gasteiger partial charge in [-0.15, -0.1) is 0 Å². The molecule has 4 heteroatoms. The van der Waals surface area contributed by atoms with Crippen LogP contribution in [0.3, 0.4) is 0 Å². The van der Waals surface area contributed by atoms with Crippen LogP contribution >= 0.6 is 0 Å². The molecule has 1 aromatic heterocycles. The fraction of sp³-hybridized carbons (Fsp3) is 0. The van der Waals surface area contributed by atoms with E-state index < -0.39 is 0 Å². The molecule has 0 amide bonds. The number of benzene rings is 2. The van der Waals surface area contributed by atoms with Crippen molar-refractivity contribution in [3.8, 4) is 28.5 Å². The topological polar surface area (TPSA) is 71.8 Å². The summed E-state index contributed by atoms with van der Waals surface area (Å²) in [4.78, 5) is 12.1. The highest BCUT2D eigenvalue weighted by atomic mass is 16.1. The van der Waals surface area contributed by atoms with Gasteiger partial charge >= 0.3 is 0 Å². The zero-order chi connectivity index (χ0) is 15.5. The second kappa shape index (κ2) is 5.58. The molecule has 2 aromatic carbocycles. The van der Waals surface area contributed by atoms with E-state index in [9.17, 15) is 4.79 Å². The number of nitrogens with two attached hydrogens (primary N) is 1. The molecule has 0 radical (unpaired) electrons. The first-order chi connectivity index (χ1) is 10.7. The predicted molar refractivity (Wildman–Crippen MR) is 86.4 cm³/mol. The third-order valence-corrected chi connectivity index (χ3v) is 3.49. The fourth-order valence-corrected chi connectivity index (χ4v) is 2.32. The highest BCUT2D eigenvalue weighted by molar-refractivity contribution is 5.71. The average molecular weight is 287 g/mol. The molecule has 0 bridgehead atoms. The Morgan fingerprint density at radius 3 is 2.18 bits per heavy atom. The number of hydrogen-bond donors (Lipinski definition) is 1. The quantitative estimate of drug-likeness (QED) is 0.737. The largest absolute Gasteiger partial charge is 0.336 e. The lowest BCUT2D eigenvalue weighted by atomic mass is 10.0. The summed E-state index contributed by atoms with van der Waals surface area (Å²) in [5.41, 5.74) is 3.47. The molecule has 0 aliphatic heterocycles. The monoisotopic (exact) mass is 287 g/mol. The van der Waals surface area contributed by atoms with E-state index in [0.717, 1.165) is 21.4 Å². The van der Waals surface area contributed by atoms with Crippen LogP contribution in [0.5, 0.6) is 0 Å². The van der Waals surface area contributed by atoms with Gasteiger partial charge in [0.15, 0.2) is 0 Å². The maximum absolute atomic E-state index is 12.1. The van der Waals surface area contributed by atoms with Gasteiger partial charge in [-0.05, 0) is 29.3 Å². The van der Waals surface area contributed by atoms with Crippen molar-refractivity contribution in [2.75, 3.05) is 5.84 Å². The zero-order valence-corrected chi connectivity index (χ0v) is 11.7. The van der Waals surface area contributed by atoms with Gasteiger partial charge in [-0.25, -0.2) is 4.68 Å². The summed E-state index contributed by atoms with van der Waals surface area (Å²) in [6.45, 7) is 0. The van der Waals surface area contributed by atoms with Gasteiger partial charge in [-0.3, -0.25) is 4.79 Å². The summed E-state index contributed by atoms with van der Waals surface area (Å²) in [5, 5.41) is 8.85. The van der Waals surface area contributed by atoms with Crippen LogP contribution in [0.4, 0.5) is 0 Å². The second-order valence-electron chi connectivity index (χ2n) is 4.89. The van der Waals surface area contributed by atoms with Crippen molar-refractivity contribution < 1.29 is 0 Å². The zero-order valence-electron chi connectivity index (χ0n) is 11.7. The van der Waals surface area contributed by atoms with Crippen LogP contribution in [0, 0.1) is 11.3 Å². The molecular weight excluding hydrogens is 274 g/mol. The molecule has 0 unspecified atom stereocenters. The van der Waals surface area contributed by atoms with Crippen LogP contribution in [0.25, 0.3) is 22.4 Å². The van der Waals surface area contributed by atoms with Gasteiger partial charge in [0.25, 0.3) is 5.56 Å². The van der Waals surface area contributed by atoms with Crippen molar-refractivity contribution in [3.63, 3.8) is 0 Å². The molecule has 0 spiro atoms. The van der Waals surface area contributed by atoms with Crippen molar-refractivity contribution in [1.82, 2.24) is 4.68 Å². The third kappa shape index (κ3) is 2.48. The molecule has 0 fully saturated rings. The summed E-state index contributed by atoms with van der Waals surface area (Å²) in [5.74, 6) is 5.87. The van der Waals surface area contributed by atoms with Crippen LogP contribution in [0.15, 0.2) is 71.5 Å². The minimum Gasteiger partial charge on any atom is -0.336 e. The van der Waals surface area contributed by atoms with E-state index >= 15 is 0 Å². The Morgan fingerprint density at radius 2 is 1.55 bits per heavy atom. The van der Waals surface area contributed by atoms with Gasteiger partial charge < -0.3 is 5.84 Å². The molecule has 4 nitrogen and oxygen atoms in total. The summed E-state index contributed by atoms with van der Waals surface area (Å²) >= 11 is 0. The van der Waals surface area contributed by atoms with Crippen molar-refractivity contribution in [3.05, 3.63) is 82.6 Å². The van der Waals surface area contributed by atoms with Crippen molar-refractivity contribution in [2.24, 2.45) is 0 Å². The molecule has 3 rings (SSSR count). The van der Waals surface area contributed by atoms with Crippen molar-refractivity contribution in [1.29, 1.82) is 5.26 Å². The van der Waals surface area contributed by atoms with Gasteiger partial charge in [0.2, 0.25) is 0 Å². The van der Waals surface area contributed by atoms with E-state index in [0.29, 0.717) is 11.3 Å². The molecule has 106 valence electrons. The van der Waals surface area contributed by atoms with Gasteiger partial charge in [0, 0.05) is 11.6 Å². The highest BCUT2D eigenvalue weighted by Crippen LogP contribution is 2.24. The van der Waals surface area contributed by atoms with E-state index in [1.165, 1.54) is 6.07 Å². The smallest absolute Gasteiger partial charge is 0.269 e. The van der Waals surface area contributed by atoms with Crippen LogP contribution in [0.2, 0.25) is 0 Å². The molecular formula is C18H13N3O. The molecule has 0 aliphatic carbocycles. The summed E-state index contributed by atoms with van der Waals surface area (Å²) in [7, 11) is 0. The number of nitrogens with zero attached hydrogens (tertiary/aromatic N) is 2. The number of rotatable bonds is 2. The van der Waals surface area contributed by atoms with Gasteiger partial charge in [-0.1, -0.05) is 42.5 Å². The van der Waals surface area contributed by atoms with Gasteiger partial charge in [0.05, 0.1) is 17.3 Å². The molecule has 0 aliphatic rings. The number of nitrogen functional groups attached to an aromatic ring is 1. The molecule has 0 saturated heterocycles. The van der Waals surface area contributed by atoms with E-state index in [-0.39, 0.29) is 5.56 Å². The van der Waals surface area contributed by atoms with Crippen LogP contribution in [-0.2, 0) is 0 Å². The lowest BCUT2D eigenvalue weighted by molar-refractivity contribution is 0.948. The average Bonchev–Trinajstić information content (AvgIpc) is 2.58. The molecule has 3 aromatic rings. The molecule has 22 heavy (non-hydrogen) atoms. The Labute approximate surface area is 127 Å². The van der Waals surface area contributed by atoms with Crippen molar-refractivity contribution >= 4 is 0 Å². The molecule has 0 atom stereocenters. The van der Waals surface area contributed by atoms with E-state index in [1.807, 2.05) is 48.5 Å². The van der Waals surface area contributed by atoms with E-state index in [2.05, 4.69) is 6.07 Å². The number of pyridine rings is 1. The summed E-state index contributed by atoms with van der Waals surface area (Å²) < 4.78 is 1.14.